The van der Waals surface area contributed by atoms with Crippen molar-refractivity contribution in [3.8, 4) is 0 Å². The Kier molecular flexibility index (Phi) is 7.56. The second-order valence-corrected chi connectivity index (χ2v) is 12.0. The van der Waals surface area contributed by atoms with Gasteiger partial charge in [-0.1, -0.05) is 61.6 Å². The third-order valence-corrected chi connectivity index (χ3v) is 8.90. The molecule has 0 amide bonds. The Labute approximate surface area is 201 Å². The fourth-order valence-electron chi connectivity index (χ4n) is 4.52. The molecular formula is C25H34N4O2S2. The van der Waals surface area contributed by atoms with Crippen LogP contribution in [0.4, 0.5) is 10.8 Å². The molecule has 178 valence electrons. The Hall–Kier alpha value is -2.16. The van der Waals surface area contributed by atoms with Crippen molar-refractivity contribution in [3.63, 3.8) is 0 Å². The SMILES string of the molecule is CC(CC1CCCCC1)NCc1ccccc1NS(=O)(=O)c1ccc2nc(N(C)C)sc2c1. The third kappa shape index (κ3) is 6.05. The Morgan fingerprint density at radius 3 is 2.64 bits per heavy atom. The maximum Gasteiger partial charge on any atom is 0.261 e. The third-order valence-electron chi connectivity index (χ3n) is 6.36. The predicted octanol–water partition coefficient (Wildman–Crippen LogP) is 5.61. The summed E-state index contributed by atoms with van der Waals surface area (Å²) >= 11 is 1.48. The molecule has 6 nitrogen and oxygen atoms in total. The van der Waals surface area contributed by atoms with Crippen molar-refractivity contribution in [1.29, 1.82) is 0 Å². The first kappa shape index (κ1) is 24.0. The number of hydrogen-bond donors (Lipinski definition) is 2. The van der Waals surface area contributed by atoms with Crippen LogP contribution in [0.2, 0.25) is 0 Å². The zero-order valence-corrected chi connectivity index (χ0v) is 21.3. The summed E-state index contributed by atoms with van der Waals surface area (Å²) in [5, 5.41) is 4.46. The van der Waals surface area contributed by atoms with E-state index in [1.807, 2.05) is 43.3 Å². The molecule has 0 bridgehead atoms. The number of aromatic nitrogens is 1. The normalized spacial score (nSPS) is 16.1. The lowest BCUT2D eigenvalue weighted by atomic mass is 9.85. The largest absolute Gasteiger partial charge is 0.354 e. The molecule has 0 aliphatic heterocycles. The Bertz CT molecular complexity index is 1180. The molecule has 1 heterocycles. The minimum Gasteiger partial charge on any atom is -0.354 e. The number of benzene rings is 2. The van der Waals surface area contributed by atoms with Crippen LogP contribution in [0, 0.1) is 5.92 Å². The molecule has 0 spiro atoms. The number of rotatable bonds is 9. The molecule has 2 aromatic carbocycles. The molecule has 1 saturated carbocycles. The van der Waals surface area contributed by atoms with E-state index in [-0.39, 0.29) is 4.90 Å². The standard InChI is InChI=1S/C25H34N4O2S2/c1-18(15-19-9-5-4-6-10-19)26-17-20-11-7-8-12-22(20)28-33(30,31)21-13-14-23-24(16-21)32-25(27-23)29(2)3/h7-8,11-14,16,18-19,26,28H,4-6,9-10,15,17H2,1-3H3. The van der Waals surface area contributed by atoms with Crippen LogP contribution in [-0.2, 0) is 16.6 Å². The van der Waals surface area contributed by atoms with Gasteiger partial charge in [-0.2, -0.15) is 0 Å². The summed E-state index contributed by atoms with van der Waals surface area (Å²) in [7, 11) is 0.145. The fourth-order valence-corrected chi connectivity index (χ4v) is 6.65. The van der Waals surface area contributed by atoms with E-state index in [9.17, 15) is 8.42 Å². The van der Waals surface area contributed by atoms with Gasteiger partial charge in [0, 0.05) is 26.7 Å². The lowest BCUT2D eigenvalue weighted by Gasteiger charge is -2.25. The number of anilines is 2. The van der Waals surface area contributed by atoms with Gasteiger partial charge in [0.05, 0.1) is 20.8 Å². The van der Waals surface area contributed by atoms with Crippen LogP contribution < -0.4 is 14.9 Å². The molecule has 0 saturated heterocycles. The van der Waals surface area contributed by atoms with Crippen LogP contribution in [0.3, 0.4) is 0 Å². The van der Waals surface area contributed by atoms with Crippen molar-refractivity contribution in [2.75, 3.05) is 23.7 Å². The average Bonchev–Trinajstić information content (AvgIpc) is 3.23. The zero-order chi connectivity index (χ0) is 23.4. The maximum absolute atomic E-state index is 13.2. The molecule has 0 radical (unpaired) electrons. The van der Waals surface area contributed by atoms with Crippen molar-refractivity contribution in [1.82, 2.24) is 10.3 Å². The van der Waals surface area contributed by atoms with Gasteiger partial charge in [0.25, 0.3) is 10.0 Å². The molecular weight excluding hydrogens is 452 g/mol. The molecule has 8 heteroatoms. The zero-order valence-electron chi connectivity index (χ0n) is 19.7. The molecule has 33 heavy (non-hydrogen) atoms. The minimum absolute atomic E-state index is 0.248. The van der Waals surface area contributed by atoms with Crippen LogP contribution >= 0.6 is 11.3 Å². The maximum atomic E-state index is 13.2. The first-order valence-electron chi connectivity index (χ1n) is 11.7. The summed E-state index contributed by atoms with van der Waals surface area (Å²) in [4.78, 5) is 6.71. The van der Waals surface area contributed by atoms with E-state index in [1.54, 1.807) is 18.2 Å². The summed E-state index contributed by atoms with van der Waals surface area (Å²) in [6.07, 6.45) is 7.93. The van der Waals surface area contributed by atoms with E-state index in [0.29, 0.717) is 18.3 Å². The first-order valence-corrected chi connectivity index (χ1v) is 14.0. The summed E-state index contributed by atoms with van der Waals surface area (Å²) in [6.45, 7) is 2.86. The second-order valence-electron chi connectivity index (χ2n) is 9.30. The summed E-state index contributed by atoms with van der Waals surface area (Å²) in [5.74, 6) is 0.810. The highest BCUT2D eigenvalue weighted by Gasteiger charge is 2.19. The van der Waals surface area contributed by atoms with Crippen molar-refractivity contribution < 1.29 is 8.42 Å². The number of sulfonamides is 1. The van der Waals surface area contributed by atoms with E-state index < -0.39 is 10.0 Å². The highest BCUT2D eigenvalue weighted by Crippen LogP contribution is 2.31. The summed E-state index contributed by atoms with van der Waals surface area (Å²) in [5.41, 5.74) is 2.37. The Morgan fingerprint density at radius 1 is 1.12 bits per heavy atom. The average molecular weight is 487 g/mol. The van der Waals surface area contributed by atoms with Gasteiger partial charge in [-0.25, -0.2) is 13.4 Å². The second kappa shape index (κ2) is 10.4. The molecule has 3 aromatic rings. The number of thiazole rings is 1. The van der Waals surface area contributed by atoms with E-state index in [0.717, 1.165) is 26.8 Å². The molecule has 1 aliphatic carbocycles. The van der Waals surface area contributed by atoms with Crippen molar-refractivity contribution >= 4 is 42.4 Å². The molecule has 1 unspecified atom stereocenters. The van der Waals surface area contributed by atoms with Crippen LogP contribution in [0.15, 0.2) is 47.4 Å². The van der Waals surface area contributed by atoms with Crippen LogP contribution in [0.25, 0.3) is 10.2 Å². The van der Waals surface area contributed by atoms with Crippen LogP contribution in [-0.4, -0.2) is 33.5 Å². The molecule has 4 rings (SSSR count). The van der Waals surface area contributed by atoms with Gasteiger partial charge in [-0.05, 0) is 49.1 Å². The van der Waals surface area contributed by atoms with Crippen molar-refractivity contribution in [3.05, 3.63) is 48.0 Å². The van der Waals surface area contributed by atoms with E-state index in [1.165, 1.54) is 49.9 Å². The smallest absolute Gasteiger partial charge is 0.261 e. The number of nitrogens with one attached hydrogen (secondary N) is 2. The van der Waals surface area contributed by atoms with Gasteiger partial charge in [0.2, 0.25) is 0 Å². The highest BCUT2D eigenvalue weighted by molar-refractivity contribution is 7.92. The topological polar surface area (TPSA) is 74.3 Å². The molecule has 1 aliphatic rings. The Balaban J connectivity index is 1.45. The minimum atomic E-state index is -3.71. The number of fused-ring (bicyclic) bond motifs is 1. The summed E-state index contributed by atoms with van der Waals surface area (Å²) in [6, 6.07) is 13.1. The van der Waals surface area contributed by atoms with Gasteiger partial charge in [0.15, 0.2) is 5.13 Å². The number of para-hydroxylation sites is 1. The lowest BCUT2D eigenvalue weighted by molar-refractivity contribution is 0.305. The van der Waals surface area contributed by atoms with Gasteiger partial charge >= 0.3 is 0 Å². The fraction of sp³-hybridized carbons (Fsp3) is 0.480. The monoisotopic (exact) mass is 486 g/mol. The van der Waals surface area contributed by atoms with Gasteiger partial charge < -0.3 is 10.2 Å². The number of nitrogens with zero attached hydrogens (tertiary/aromatic N) is 2. The van der Waals surface area contributed by atoms with Gasteiger partial charge in [-0.3, -0.25) is 4.72 Å². The quantitative estimate of drug-likeness (QED) is 0.411. The van der Waals surface area contributed by atoms with Crippen molar-refractivity contribution in [2.45, 2.75) is 62.9 Å². The first-order chi connectivity index (χ1) is 15.8. The number of hydrogen-bond acceptors (Lipinski definition) is 6. The van der Waals surface area contributed by atoms with Crippen molar-refractivity contribution in [2.24, 2.45) is 5.92 Å². The van der Waals surface area contributed by atoms with Crippen LogP contribution in [0.1, 0.15) is 51.0 Å². The van der Waals surface area contributed by atoms with E-state index >= 15 is 0 Å². The predicted molar refractivity (Wildman–Crippen MR) is 139 cm³/mol. The highest BCUT2D eigenvalue weighted by atomic mass is 32.2. The van der Waals surface area contributed by atoms with Crippen LogP contribution in [0.5, 0.6) is 0 Å². The lowest BCUT2D eigenvalue weighted by Crippen LogP contribution is -2.29. The molecule has 1 atom stereocenters. The molecule has 2 N–H and O–H groups in total. The molecule has 1 aromatic heterocycles. The molecule has 1 fully saturated rings. The summed E-state index contributed by atoms with van der Waals surface area (Å²) < 4.78 is 30.0. The Morgan fingerprint density at radius 2 is 1.88 bits per heavy atom. The van der Waals surface area contributed by atoms with E-state index in [2.05, 4.69) is 21.9 Å². The van der Waals surface area contributed by atoms with Gasteiger partial charge in [-0.15, -0.1) is 0 Å². The van der Waals surface area contributed by atoms with Gasteiger partial charge in [0.1, 0.15) is 0 Å². The van der Waals surface area contributed by atoms with E-state index in [4.69, 9.17) is 0 Å².